The van der Waals surface area contributed by atoms with Crippen molar-refractivity contribution in [3.8, 4) is 0 Å². The molecule has 80 valence electrons. The number of carbonyl (C=O) groups excluding carboxylic acids is 1. The van der Waals surface area contributed by atoms with Gasteiger partial charge in [0.05, 0.1) is 6.54 Å². The summed E-state index contributed by atoms with van der Waals surface area (Å²) in [4.78, 5) is 15.8. The molecule has 0 N–H and O–H groups in total. The largest absolute Gasteiger partial charge is 0.377 e. The van der Waals surface area contributed by atoms with E-state index in [1.54, 1.807) is 6.08 Å². The summed E-state index contributed by atoms with van der Waals surface area (Å²) in [5.41, 5.74) is 4.64. The average molecular weight is 204 g/mol. The number of nitrogens with zero attached hydrogens (tertiary/aromatic N) is 2. The summed E-state index contributed by atoms with van der Waals surface area (Å²) in [5.74, 6) is 0. The van der Waals surface area contributed by atoms with Gasteiger partial charge in [0.1, 0.15) is 0 Å². The van der Waals surface area contributed by atoms with E-state index in [-0.39, 0.29) is 0 Å². The summed E-state index contributed by atoms with van der Waals surface area (Å²) in [6.45, 7) is 4.54. The maximum atomic E-state index is 10.1. The molecule has 0 atom stereocenters. The van der Waals surface area contributed by atoms with E-state index in [9.17, 15) is 4.79 Å². The van der Waals surface area contributed by atoms with E-state index in [0.717, 1.165) is 11.3 Å². The molecule has 3 heteroatoms. The number of isocyanates is 1. The van der Waals surface area contributed by atoms with Crippen molar-refractivity contribution in [1.29, 1.82) is 0 Å². The highest BCUT2D eigenvalue weighted by atomic mass is 16.1. The molecule has 0 spiro atoms. The lowest BCUT2D eigenvalue weighted by molar-refractivity contribution is 0.563. The number of hydrogen-bond acceptors (Lipinski definition) is 3. The van der Waals surface area contributed by atoms with Crippen LogP contribution in [0.4, 0.5) is 5.69 Å². The molecular weight excluding hydrogens is 188 g/mol. The quantitative estimate of drug-likeness (QED) is 0.558. The Hall–Kier alpha value is -1.60. The van der Waals surface area contributed by atoms with Crippen molar-refractivity contribution < 1.29 is 4.79 Å². The first-order valence-electron chi connectivity index (χ1n) is 4.87. The molecular formula is C12H16N2O. The maximum absolute atomic E-state index is 10.1. The summed E-state index contributed by atoms with van der Waals surface area (Å²) < 4.78 is 0. The Morgan fingerprint density at radius 2 is 1.87 bits per heavy atom. The molecule has 0 saturated carbocycles. The van der Waals surface area contributed by atoms with E-state index in [1.165, 1.54) is 11.1 Å². The molecule has 0 amide bonds. The van der Waals surface area contributed by atoms with Crippen molar-refractivity contribution in [3.05, 3.63) is 28.8 Å². The molecule has 0 bridgehead atoms. The minimum atomic E-state index is 0.401. The third kappa shape index (κ3) is 2.67. The van der Waals surface area contributed by atoms with Crippen LogP contribution in [-0.4, -0.2) is 20.2 Å². The van der Waals surface area contributed by atoms with Gasteiger partial charge in [0.2, 0.25) is 6.08 Å². The van der Waals surface area contributed by atoms with Crippen LogP contribution in [0.2, 0.25) is 0 Å². The van der Waals surface area contributed by atoms with Crippen LogP contribution >= 0.6 is 0 Å². The minimum Gasteiger partial charge on any atom is -0.377 e. The lowest BCUT2D eigenvalue weighted by Gasteiger charge is -2.18. The average Bonchev–Trinajstić information content (AvgIpc) is 2.19. The summed E-state index contributed by atoms with van der Waals surface area (Å²) >= 11 is 0. The summed E-state index contributed by atoms with van der Waals surface area (Å²) in [7, 11) is 3.97. The van der Waals surface area contributed by atoms with E-state index in [1.807, 2.05) is 19.0 Å². The Morgan fingerprint density at radius 1 is 1.27 bits per heavy atom. The van der Waals surface area contributed by atoms with Crippen LogP contribution in [0.15, 0.2) is 17.1 Å². The molecule has 0 fully saturated rings. The van der Waals surface area contributed by atoms with Gasteiger partial charge in [-0.05, 0) is 36.6 Å². The van der Waals surface area contributed by atoms with Gasteiger partial charge in [-0.1, -0.05) is 6.07 Å². The van der Waals surface area contributed by atoms with Gasteiger partial charge in [-0.3, -0.25) is 0 Å². The monoisotopic (exact) mass is 204 g/mol. The van der Waals surface area contributed by atoms with Gasteiger partial charge in [0.15, 0.2) is 0 Å². The molecule has 0 unspecified atom stereocenters. The zero-order chi connectivity index (χ0) is 11.4. The second kappa shape index (κ2) is 4.76. The first-order valence-corrected chi connectivity index (χ1v) is 4.87. The van der Waals surface area contributed by atoms with Crippen molar-refractivity contribution in [3.63, 3.8) is 0 Å². The molecule has 0 heterocycles. The number of rotatable bonds is 3. The second-order valence-electron chi connectivity index (χ2n) is 3.87. The first kappa shape index (κ1) is 11.5. The first-order chi connectivity index (χ1) is 7.06. The van der Waals surface area contributed by atoms with Crippen molar-refractivity contribution in [2.75, 3.05) is 19.0 Å². The molecule has 0 aliphatic rings. The van der Waals surface area contributed by atoms with Gasteiger partial charge in [0.25, 0.3) is 0 Å². The Morgan fingerprint density at radius 3 is 2.40 bits per heavy atom. The number of benzene rings is 1. The fourth-order valence-corrected chi connectivity index (χ4v) is 1.52. The van der Waals surface area contributed by atoms with Gasteiger partial charge < -0.3 is 4.90 Å². The topological polar surface area (TPSA) is 32.7 Å². The van der Waals surface area contributed by atoms with Crippen LogP contribution in [0.5, 0.6) is 0 Å². The molecule has 1 rings (SSSR count). The highest BCUT2D eigenvalue weighted by Gasteiger charge is 2.06. The highest BCUT2D eigenvalue weighted by Crippen LogP contribution is 2.23. The van der Waals surface area contributed by atoms with Gasteiger partial charge in [-0.25, -0.2) is 9.79 Å². The number of aryl methyl sites for hydroxylation is 2. The maximum Gasteiger partial charge on any atom is 0.235 e. The molecule has 1 aromatic rings. The predicted octanol–water partition coefficient (Wildman–Crippen LogP) is 2.21. The van der Waals surface area contributed by atoms with Crippen molar-refractivity contribution in [1.82, 2.24) is 0 Å². The Bertz CT molecular complexity index is 404. The fourth-order valence-electron chi connectivity index (χ4n) is 1.52. The summed E-state index contributed by atoms with van der Waals surface area (Å²) in [5, 5.41) is 0. The Labute approximate surface area is 90.4 Å². The van der Waals surface area contributed by atoms with Crippen LogP contribution in [-0.2, 0) is 11.3 Å². The van der Waals surface area contributed by atoms with Crippen molar-refractivity contribution in [2.24, 2.45) is 4.99 Å². The van der Waals surface area contributed by atoms with Gasteiger partial charge in [-0.2, -0.15) is 0 Å². The molecule has 1 aromatic carbocycles. The molecule has 15 heavy (non-hydrogen) atoms. The van der Waals surface area contributed by atoms with Gasteiger partial charge >= 0.3 is 0 Å². The molecule has 0 saturated heterocycles. The standard InChI is InChI=1S/C12H16N2O/c1-9-5-11(7-13-8-15)12(14(3)4)6-10(9)2/h5-6H,7H2,1-4H3. The number of hydrogen-bond donors (Lipinski definition) is 0. The van der Waals surface area contributed by atoms with Gasteiger partial charge in [-0.15, -0.1) is 0 Å². The SMILES string of the molecule is Cc1cc(CN=C=O)c(N(C)C)cc1C. The van der Waals surface area contributed by atoms with Crippen LogP contribution in [0.1, 0.15) is 16.7 Å². The third-order valence-corrected chi connectivity index (χ3v) is 2.49. The lowest BCUT2D eigenvalue weighted by Crippen LogP contribution is -2.11. The smallest absolute Gasteiger partial charge is 0.235 e. The van der Waals surface area contributed by atoms with E-state index < -0.39 is 0 Å². The summed E-state index contributed by atoms with van der Waals surface area (Å²) in [6, 6.07) is 4.19. The van der Waals surface area contributed by atoms with Crippen molar-refractivity contribution in [2.45, 2.75) is 20.4 Å². The molecule has 0 radical (unpaired) electrons. The van der Waals surface area contributed by atoms with E-state index in [0.29, 0.717) is 6.54 Å². The number of aliphatic imine (C=N–C) groups is 1. The van der Waals surface area contributed by atoms with Crippen LogP contribution in [0.3, 0.4) is 0 Å². The van der Waals surface area contributed by atoms with Crippen LogP contribution in [0, 0.1) is 13.8 Å². The Kier molecular flexibility index (Phi) is 3.64. The Balaban J connectivity index is 3.21. The molecule has 0 aliphatic heterocycles. The van der Waals surface area contributed by atoms with Gasteiger partial charge in [0, 0.05) is 19.8 Å². The van der Waals surface area contributed by atoms with E-state index in [2.05, 4.69) is 31.0 Å². The zero-order valence-corrected chi connectivity index (χ0v) is 9.66. The normalized spacial score (nSPS) is 9.60. The molecule has 0 aromatic heterocycles. The highest BCUT2D eigenvalue weighted by molar-refractivity contribution is 5.56. The zero-order valence-electron chi connectivity index (χ0n) is 9.66. The fraction of sp³-hybridized carbons (Fsp3) is 0.417. The number of anilines is 1. The van der Waals surface area contributed by atoms with E-state index in [4.69, 9.17) is 0 Å². The van der Waals surface area contributed by atoms with E-state index >= 15 is 0 Å². The lowest BCUT2D eigenvalue weighted by atomic mass is 10.0. The molecule has 3 nitrogen and oxygen atoms in total. The van der Waals surface area contributed by atoms with Crippen molar-refractivity contribution >= 4 is 11.8 Å². The molecule has 0 aliphatic carbocycles. The van der Waals surface area contributed by atoms with Crippen LogP contribution < -0.4 is 4.90 Å². The summed E-state index contributed by atoms with van der Waals surface area (Å²) in [6.07, 6.45) is 1.57. The third-order valence-electron chi connectivity index (χ3n) is 2.49. The predicted molar refractivity (Wildman–Crippen MR) is 62.1 cm³/mol. The second-order valence-corrected chi connectivity index (χ2v) is 3.87. The van der Waals surface area contributed by atoms with Crippen LogP contribution in [0.25, 0.3) is 0 Å². The minimum absolute atomic E-state index is 0.401.